The molecule has 144 valence electrons. The van der Waals surface area contributed by atoms with Crippen LogP contribution in [0.3, 0.4) is 0 Å². The maximum absolute atomic E-state index is 11.6. The molecule has 1 amide bonds. The quantitative estimate of drug-likeness (QED) is 0.862. The number of carbonyl (C=O) groups excluding carboxylic acids is 1. The number of nitrogens with two attached hydrogens (primary N) is 1. The van der Waals surface area contributed by atoms with Gasteiger partial charge < -0.3 is 15.2 Å². The summed E-state index contributed by atoms with van der Waals surface area (Å²) in [5.41, 5.74) is 6.48. The Bertz CT molecular complexity index is 637. The van der Waals surface area contributed by atoms with Crippen LogP contribution in [0.2, 0.25) is 0 Å². The first kappa shape index (κ1) is 19.5. The second-order valence-electron chi connectivity index (χ2n) is 7.59. The molecule has 4 rings (SSSR count). The smallest absolute Gasteiger partial charge is 0.267 e. The Balaban J connectivity index is 0.00000196. The van der Waals surface area contributed by atoms with Crippen molar-refractivity contribution in [3.63, 3.8) is 0 Å². The molecule has 2 N–H and O–H groups in total. The number of nitrogens with zero attached hydrogens (tertiary/aromatic N) is 2. The van der Waals surface area contributed by atoms with Crippen LogP contribution in [-0.2, 0) is 15.1 Å². The largest absolute Gasteiger partial charge is 0.380 e. The number of ether oxygens (including phenoxy) is 2. The first-order valence-electron chi connectivity index (χ1n) is 9.28. The van der Waals surface area contributed by atoms with Crippen LogP contribution in [-0.4, -0.2) is 55.2 Å². The zero-order chi connectivity index (χ0) is 17.4. The van der Waals surface area contributed by atoms with E-state index in [4.69, 9.17) is 15.2 Å². The van der Waals surface area contributed by atoms with Crippen LogP contribution in [0.4, 0.5) is 0 Å². The number of hydrogen-bond acceptors (Lipinski definition) is 5. The molecule has 3 fully saturated rings. The van der Waals surface area contributed by atoms with Crippen molar-refractivity contribution in [2.75, 3.05) is 33.4 Å². The average molecular weight is 382 g/mol. The molecule has 7 heteroatoms. The summed E-state index contributed by atoms with van der Waals surface area (Å²) < 4.78 is 11.8. The Morgan fingerprint density at radius 1 is 1.35 bits per heavy atom. The molecule has 3 heterocycles. The molecule has 1 aromatic heterocycles. The van der Waals surface area contributed by atoms with Crippen LogP contribution in [0.25, 0.3) is 0 Å². The number of primary amides is 1. The molecule has 0 radical (unpaired) electrons. The molecule has 2 bridgehead atoms. The fourth-order valence-electron chi connectivity index (χ4n) is 5.31. The van der Waals surface area contributed by atoms with Crippen LogP contribution in [0.5, 0.6) is 0 Å². The summed E-state index contributed by atoms with van der Waals surface area (Å²) in [5.74, 6) is 0.334. The molecule has 4 atom stereocenters. The van der Waals surface area contributed by atoms with E-state index in [-0.39, 0.29) is 18.0 Å². The van der Waals surface area contributed by atoms with Gasteiger partial charge in [-0.05, 0) is 37.0 Å². The van der Waals surface area contributed by atoms with Crippen molar-refractivity contribution in [3.8, 4) is 0 Å². The Morgan fingerprint density at radius 3 is 2.65 bits per heavy atom. The minimum atomic E-state index is -0.487. The number of halogens is 1. The molecule has 2 aliphatic heterocycles. The minimum Gasteiger partial charge on any atom is -0.380 e. The lowest BCUT2D eigenvalue weighted by Gasteiger charge is -2.56. The number of carbonyl (C=O) groups is 1. The van der Waals surface area contributed by atoms with E-state index >= 15 is 0 Å². The Labute approximate surface area is 160 Å². The topological polar surface area (TPSA) is 77.7 Å². The van der Waals surface area contributed by atoms with Gasteiger partial charge in [-0.3, -0.25) is 14.7 Å². The predicted molar refractivity (Wildman–Crippen MR) is 100 cm³/mol. The highest BCUT2D eigenvalue weighted by Crippen LogP contribution is 2.52. The molecule has 1 aromatic rings. The molecule has 26 heavy (non-hydrogen) atoms. The molecular weight excluding hydrogens is 354 g/mol. The standard InChI is InChI=1S/C19H27N3O3.ClH/c1-24-19(13-5-7-21-17(9-13)18(20)23)14-3-2-4-15(19)11-22(10-14)16-6-8-25-12-16;/h5,7,9,14-16H,2-4,6,8,10-12H2,1H3,(H2,20,23);1H/t14-,15+,16-,19?;/m1./s1. The van der Waals surface area contributed by atoms with Gasteiger partial charge in [0.1, 0.15) is 11.3 Å². The van der Waals surface area contributed by atoms with Crippen molar-refractivity contribution in [2.24, 2.45) is 17.6 Å². The summed E-state index contributed by atoms with van der Waals surface area (Å²) >= 11 is 0. The number of rotatable bonds is 4. The third kappa shape index (κ3) is 3.13. The number of fused-ring (bicyclic) bond motifs is 2. The van der Waals surface area contributed by atoms with Crippen molar-refractivity contribution >= 4 is 18.3 Å². The van der Waals surface area contributed by atoms with E-state index < -0.39 is 5.91 Å². The van der Waals surface area contributed by atoms with Crippen molar-refractivity contribution in [1.29, 1.82) is 0 Å². The van der Waals surface area contributed by atoms with Gasteiger partial charge in [0.05, 0.1) is 6.61 Å². The maximum atomic E-state index is 11.6. The van der Waals surface area contributed by atoms with E-state index in [1.807, 2.05) is 19.2 Å². The Morgan fingerprint density at radius 2 is 2.08 bits per heavy atom. The van der Waals surface area contributed by atoms with Gasteiger partial charge in [-0.25, -0.2) is 0 Å². The maximum Gasteiger partial charge on any atom is 0.267 e. The van der Waals surface area contributed by atoms with Gasteiger partial charge in [0.15, 0.2) is 0 Å². The highest BCUT2D eigenvalue weighted by molar-refractivity contribution is 5.90. The zero-order valence-electron chi connectivity index (χ0n) is 15.2. The molecule has 1 unspecified atom stereocenters. The van der Waals surface area contributed by atoms with Gasteiger partial charge in [0.25, 0.3) is 5.91 Å². The van der Waals surface area contributed by atoms with Gasteiger partial charge in [0.2, 0.25) is 0 Å². The van der Waals surface area contributed by atoms with Crippen molar-refractivity contribution in [3.05, 3.63) is 29.6 Å². The average Bonchev–Trinajstić information content (AvgIpc) is 3.15. The van der Waals surface area contributed by atoms with Gasteiger partial charge in [0, 0.05) is 50.9 Å². The van der Waals surface area contributed by atoms with Gasteiger partial charge in [-0.1, -0.05) is 6.42 Å². The van der Waals surface area contributed by atoms with Crippen LogP contribution in [0.15, 0.2) is 18.3 Å². The number of hydrogen-bond donors (Lipinski definition) is 1. The molecule has 0 aromatic carbocycles. The number of piperidine rings is 1. The fourth-order valence-corrected chi connectivity index (χ4v) is 5.31. The second-order valence-corrected chi connectivity index (χ2v) is 7.59. The second kappa shape index (κ2) is 7.80. The van der Waals surface area contributed by atoms with E-state index in [1.165, 1.54) is 6.42 Å². The Hall–Kier alpha value is -1.21. The number of pyridine rings is 1. The van der Waals surface area contributed by atoms with E-state index in [0.29, 0.717) is 23.6 Å². The van der Waals surface area contributed by atoms with Crippen LogP contribution < -0.4 is 5.73 Å². The third-order valence-electron chi connectivity index (χ3n) is 6.45. The summed E-state index contributed by atoms with van der Waals surface area (Å²) in [5, 5.41) is 0. The monoisotopic (exact) mass is 381 g/mol. The van der Waals surface area contributed by atoms with E-state index in [0.717, 1.165) is 51.1 Å². The van der Waals surface area contributed by atoms with Crippen LogP contribution >= 0.6 is 12.4 Å². The molecule has 0 spiro atoms. The molecule has 1 aliphatic carbocycles. The van der Waals surface area contributed by atoms with Crippen LogP contribution in [0.1, 0.15) is 41.7 Å². The predicted octanol–water partition coefficient (Wildman–Crippen LogP) is 1.96. The first-order chi connectivity index (χ1) is 12.1. The summed E-state index contributed by atoms with van der Waals surface area (Å²) in [6, 6.07) is 4.37. The third-order valence-corrected chi connectivity index (χ3v) is 6.45. The van der Waals surface area contributed by atoms with Crippen molar-refractivity contribution < 1.29 is 14.3 Å². The minimum absolute atomic E-state index is 0. The SMILES string of the molecule is COC1(c2ccnc(C(N)=O)c2)[C@@H]2CCC[C@H]1CN([C@@H]1CCOC1)C2.Cl. The van der Waals surface area contributed by atoms with E-state index in [9.17, 15) is 4.79 Å². The number of amides is 1. The normalized spacial score (nSPS) is 34.3. The zero-order valence-corrected chi connectivity index (χ0v) is 16.0. The molecule has 3 aliphatic rings. The molecule has 6 nitrogen and oxygen atoms in total. The van der Waals surface area contributed by atoms with E-state index in [1.54, 1.807) is 6.20 Å². The highest BCUT2D eigenvalue weighted by Gasteiger charge is 2.54. The number of aromatic nitrogens is 1. The van der Waals surface area contributed by atoms with E-state index in [2.05, 4.69) is 9.88 Å². The van der Waals surface area contributed by atoms with Crippen molar-refractivity contribution in [2.45, 2.75) is 37.3 Å². The molecule has 2 saturated heterocycles. The summed E-state index contributed by atoms with van der Waals surface area (Å²) in [7, 11) is 1.81. The van der Waals surface area contributed by atoms with Gasteiger partial charge >= 0.3 is 0 Å². The lowest BCUT2D eigenvalue weighted by molar-refractivity contribution is -0.174. The molecule has 1 saturated carbocycles. The summed E-state index contributed by atoms with van der Waals surface area (Å²) in [4.78, 5) is 18.3. The van der Waals surface area contributed by atoms with Gasteiger partial charge in [-0.2, -0.15) is 0 Å². The van der Waals surface area contributed by atoms with Gasteiger partial charge in [-0.15, -0.1) is 12.4 Å². The summed E-state index contributed by atoms with van der Waals surface area (Å²) in [6.45, 7) is 3.76. The lowest BCUT2D eigenvalue weighted by Crippen LogP contribution is -2.61. The van der Waals surface area contributed by atoms with Crippen LogP contribution in [0, 0.1) is 11.8 Å². The highest BCUT2D eigenvalue weighted by atomic mass is 35.5. The molecular formula is C19H28ClN3O3. The number of likely N-dealkylation sites (tertiary alicyclic amines) is 1. The Kier molecular flexibility index (Phi) is 5.87. The van der Waals surface area contributed by atoms with Crippen molar-refractivity contribution in [1.82, 2.24) is 9.88 Å². The fraction of sp³-hybridized carbons (Fsp3) is 0.684. The summed E-state index contributed by atoms with van der Waals surface area (Å²) in [6.07, 6.45) is 6.33. The first-order valence-corrected chi connectivity index (χ1v) is 9.28. The lowest BCUT2D eigenvalue weighted by atomic mass is 9.62. The number of methoxy groups -OCH3 is 1.